The van der Waals surface area contributed by atoms with Crippen LogP contribution in [0.15, 0.2) is 29.3 Å². The van der Waals surface area contributed by atoms with Crippen LogP contribution >= 0.6 is 0 Å². The molecule has 5 nitrogen and oxygen atoms in total. The highest BCUT2D eigenvalue weighted by Crippen LogP contribution is 2.06. The van der Waals surface area contributed by atoms with Crippen LogP contribution in [0.5, 0.6) is 0 Å². The largest absolute Gasteiger partial charge is 0.357 e. The quantitative estimate of drug-likeness (QED) is 0.535. The normalized spacial score (nSPS) is 12.6. The van der Waals surface area contributed by atoms with Crippen LogP contribution in [0.4, 0.5) is 0 Å². The Morgan fingerprint density at radius 3 is 2.27 bits per heavy atom. The fourth-order valence-corrected chi connectivity index (χ4v) is 1.85. The molecule has 0 spiro atoms. The molecule has 5 heteroatoms. The number of hydrogen-bond acceptors (Lipinski definition) is 2. The molecule has 1 atom stereocenters. The molecule has 0 bridgehead atoms. The van der Waals surface area contributed by atoms with E-state index in [1.165, 1.54) is 0 Å². The molecule has 122 valence electrons. The molecule has 0 radical (unpaired) electrons. The van der Waals surface area contributed by atoms with Gasteiger partial charge in [-0.1, -0.05) is 19.1 Å². The minimum atomic E-state index is -0.0377. The number of carbonyl (C=O) groups is 1. The van der Waals surface area contributed by atoms with Crippen LogP contribution in [-0.2, 0) is 6.54 Å². The SMILES string of the molecule is CCNC(=O)c1ccc(CN=C(NCC)NC(C)CC)cc1. The smallest absolute Gasteiger partial charge is 0.251 e. The maximum Gasteiger partial charge on any atom is 0.251 e. The molecule has 0 saturated carbocycles. The van der Waals surface area contributed by atoms with E-state index in [1.54, 1.807) is 0 Å². The number of hydrogen-bond donors (Lipinski definition) is 3. The second-order valence-corrected chi connectivity index (χ2v) is 5.21. The van der Waals surface area contributed by atoms with Crippen molar-refractivity contribution in [3.63, 3.8) is 0 Å². The van der Waals surface area contributed by atoms with Crippen molar-refractivity contribution in [2.45, 2.75) is 46.7 Å². The summed E-state index contributed by atoms with van der Waals surface area (Å²) in [6.45, 7) is 10.3. The van der Waals surface area contributed by atoms with E-state index in [9.17, 15) is 4.79 Å². The maximum absolute atomic E-state index is 11.7. The van der Waals surface area contributed by atoms with Crippen LogP contribution < -0.4 is 16.0 Å². The van der Waals surface area contributed by atoms with Gasteiger partial charge >= 0.3 is 0 Å². The van der Waals surface area contributed by atoms with Crippen LogP contribution in [0, 0.1) is 0 Å². The highest BCUT2D eigenvalue weighted by molar-refractivity contribution is 5.94. The molecule has 1 rings (SSSR count). The topological polar surface area (TPSA) is 65.5 Å². The number of aliphatic imine (C=N–C) groups is 1. The highest BCUT2D eigenvalue weighted by atomic mass is 16.1. The molecular formula is C17H28N4O. The monoisotopic (exact) mass is 304 g/mol. The van der Waals surface area contributed by atoms with Gasteiger partial charge < -0.3 is 16.0 Å². The predicted molar refractivity (Wildman–Crippen MR) is 92.2 cm³/mol. The van der Waals surface area contributed by atoms with E-state index in [0.717, 1.165) is 24.5 Å². The van der Waals surface area contributed by atoms with Crippen LogP contribution in [0.25, 0.3) is 0 Å². The number of nitrogens with zero attached hydrogens (tertiary/aromatic N) is 1. The van der Waals surface area contributed by atoms with Crippen molar-refractivity contribution < 1.29 is 4.79 Å². The lowest BCUT2D eigenvalue weighted by Crippen LogP contribution is -2.41. The molecule has 1 aromatic rings. The van der Waals surface area contributed by atoms with Gasteiger partial charge in [-0.25, -0.2) is 4.99 Å². The number of nitrogens with one attached hydrogen (secondary N) is 3. The Kier molecular flexibility index (Phi) is 8.04. The first-order valence-corrected chi connectivity index (χ1v) is 8.02. The van der Waals surface area contributed by atoms with Gasteiger partial charge in [0.1, 0.15) is 0 Å². The van der Waals surface area contributed by atoms with Crippen molar-refractivity contribution in [1.29, 1.82) is 0 Å². The van der Waals surface area contributed by atoms with Gasteiger partial charge in [-0.15, -0.1) is 0 Å². The molecule has 0 fully saturated rings. The van der Waals surface area contributed by atoms with Crippen LogP contribution in [0.1, 0.15) is 50.0 Å². The molecule has 1 aromatic carbocycles. The second-order valence-electron chi connectivity index (χ2n) is 5.21. The summed E-state index contributed by atoms with van der Waals surface area (Å²) in [5.74, 6) is 0.786. The first-order valence-electron chi connectivity index (χ1n) is 8.02. The van der Waals surface area contributed by atoms with Gasteiger partial charge in [-0.05, 0) is 44.9 Å². The van der Waals surface area contributed by atoms with E-state index in [1.807, 2.05) is 31.2 Å². The van der Waals surface area contributed by atoms with Crippen molar-refractivity contribution in [2.24, 2.45) is 4.99 Å². The van der Waals surface area contributed by atoms with Gasteiger partial charge in [-0.2, -0.15) is 0 Å². The average molecular weight is 304 g/mol. The Bertz CT molecular complexity index is 482. The fraction of sp³-hybridized carbons (Fsp3) is 0.529. The molecule has 3 N–H and O–H groups in total. The predicted octanol–water partition coefficient (Wildman–Crippen LogP) is 2.29. The van der Waals surface area contributed by atoms with Gasteiger partial charge in [0.2, 0.25) is 0 Å². The molecule has 0 aliphatic carbocycles. The summed E-state index contributed by atoms with van der Waals surface area (Å²) in [6, 6.07) is 7.95. The fourth-order valence-electron chi connectivity index (χ4n) is 1.85. The number of rotatable bonds is 7. The maximum atomic E-state index is 11.7. The van der Waals surface area contributed by atoms with Gasteiger partial charge in [-0.3, -0.25) is 4.79 Å². The van der Waals surface area contributed by atoms with Gasteiger partial charge in [0, 0.05) is 24.7 Å². The molecule has 1 unspecified atom stereocenters. The molecule has 0 aliphatic rings. The average Bonchev–Trinajstić information content (AvgIpc) is 2.53. The van der Waals surface area contributed by atoms with E-state index in [-0.39, 0.29) is 5.91 Å². The summed E-state index contributed by atoms with van der Waals surface area (Å²) in [5, 5.41) is 9.39. The highest BCUT2D eigenvalue weighted by Gasteiger charge is 2.04. The summed E-state index contributed by atoms with van der Waals surface area (Å²) in [5.41, 5.74) is 1.76. The van der Waals surface area contributed by atoms with E-state index in [4.69, 9.17) is 0 Å². The molecule has 1 amide bonds. The summed E-state index contributed by atoms with van der Waals surface area (Å²) in [7, 11) is 0. The van der Waals surface area contributed by atoms with Gasteiger partial charge in [0.05, 0.1) is 6.54 Å². The minimum absolute atomic E-state index is 0.0377. The second kappa shape index (κ2) is 9.82. The van der Waals surface area contributed by atoms with Gasteiger partial charge in [0.15, 0.2) is 5.96 Å². The molecular weight excluding hydrogens is 276 g/mol. The van der Waals surface area contributed by atoms with Crippen LogP contribution in [0.2, 0.25) is 0 Å². The van der Waals surface area contributed by atoms with Crippen LogP contribution in [0.3, 0.4) is 0 Å². The number of benzene rings is 1. The lowest BCUT2D eigenvalue weighted by Gasteiger charge is -2.16. The standard InChI is InChI=1S/C17H28N4O/c1-5-13(4)21-17(19-7-3)20-12-14-8-10-15(11-9-14)16(22)18-6-2/h8-11,13H,5-7,12H2,1-4H3,(H,18,22)(H2,19,20,21). The van der Waals surface area contributed by atoms with Crippen molar-refractivity contribution in [1.82, 2.24) is 16.0 Å². The summed E-state index contributed by atoms with van der Waals surface area (Å²) < 4.78 is 0. The Morgan fingerprint density at radius 2 is 1.73 bits per heavy atom. The Morgan fingerprint density at radius 1 is 1.09 bits per heavy atom. The zero-order valence-electron chi connectivity index (χ0n) is 14.1. The Balaban J connectivity index is 2.67. The molecule has 22 heavy (non-hydrogen) atoms. The van der Waals surface area contributed by atoms with Crippen LogP contribution in [-0.4, -0.2) is 31.0 Å². The third kappa shape index (κ3) is 6.16. The van der Waals surface area contributed by atoms with E-state index < -0.39 is 0 Å². The molecule has 0 aromatic heterocycles. The van der Waals surface area contributed by atoms with Crippen molar-refractivity contribution in [2.75, 3.05) is 13.1 Å². The summed E-state index contributed by atoms with van der Waals surface area (Å²) in [6.07, 6.45) is 1.05. The lowest BCUT2D eigenvalue weighted by atomic mass is 10.1. The van der Waals surface area contributed by atoms with E-state index in [2.05, 4.69) is 41.7 Å². The molecule has 0 saturated heterocycles. The Hall–Kier alpha value is -2.04. The van der Waals surface area contributed by atoms with E-state index in [0.29, 0.717) is 24.7 Å². The number of carbonyl (C=O) groups excluding carboxylic acids is 1. The third-order valence-electron chi connectivity index (χ3n) is 3.31. The van der Waals surface area contributed by atoms with Crippen molar-refractivity contribution >= 4 is 11.9 Å². The Labute approximate surface area is 133 Å². The van der Waals surface area contributed by atoms with E-state index >= 15 is 0 Å². The first-order chi connectivity index (χ1) is 10.6. The zero-order chi connectivity index (χ0) is 16.4. The lowest BCUT2D eigenvalue weighted by molar-refractivity contribution is 0.0956. The minimum Gasteiger partial charge on any atom is -0.357 e. The molecule has 0 heterocycles. The molecule has 0 aliphatic heterocycles. The van der Waals surface area contributed by atoms with Crippen molar-refractivity contribution in [3.05, 3.63) is 35.4 Å². The summed E-state index contributed by atoms with van der Waals surface area (Å²) in [4.78, 5) is 16.3. The third-order valence-corrected chi connectivity index (χ3v) is 3.31. The van der Waals surface area contributed by atoms with Gasteiger partial charge in [0.25, 0.3) is 5.91 Å². The number of guanidine groups is 1. The first kappa shape index (κ1) is 18.0. The summed E-state index contributed by atoms with van der Waals surface area (Å²) >= 11 is 0. The van der Waals surface area contributed by atoms with Crippen molar-refractivity contribution in [3.8, 4) is 0 Å². The zero-order valence-corrected chi connectivity index (χ0v) is 14.1. The number of amides is 1.